The molecule has 0 aliphatic rings. The Morgan fingerprint density at radius 1 is 0.789 bits per heavy atom. The number of rotatable bonds is 4. The predicted octanol–water partition coefficient (Wildman–Crippen LogP) is 4.06. The molecule has 0 amide bonds. The van der Waals surface area contributed by atoms with E-state index >= 15 is 0 Å². The molecule has 19 heavy (non-hydrogen) atoms. The summed E-state index contributed by atoms with van der Waals surface area (Å²) in [5.74, 6) is 0. The van der Waals surface area contributed by atoms with E-state index in [4.69, 9.17) is 0 Å². The van der Waals surface area contributed by atoms with Crippen LogP contribution in [0.1, 0.15) is 16.7 Å². The summed E-state index contributed by atoms with van der Waals surface area (Å²) >= 11 is 0. The van der Waals surface area contributed by atoms with Crippen LogP contribution in [-0.4, -0.2) is 25.6 Å². The third kappa shape index (κ3) is 4.38. The van der Waals surface area contributed by atoms with E-state index in [9.17, 15) is 0 Å². The predicted molar refractivity (Wildman–Crippen MR) is 83.5 cm³/mol. The van der Waals surface area contributed by atoms with Crippen molar-refractivity contribution in [2.75, 3.05) is 21.1 Å². The Kier molecular flexibility index (Phi) is 4.18. The first kappa shape index (κ1) is 13.6. The lowest BCUT2D eigenvalue weighted by molar-refractivity contribution is -0.884. The molecule has 0 aliphatic heterocycles. The Hall–Kier alpha value is -1.86. The van der Waals surface area contributed by atoms with Crippen LogP contribution in [0.15, 0.2) is 54.6 Å². The number of benzene rings is 2. The molecule has 0 bridgehead atoms. The first-order valence-corrected chi connectivity index (χ1v) is 6.66. The van der Waals surface area contributed by atoms with Crippen molar-refractivity contribution in [1.82, 2.24) is 0 Å². The standard InChI is InChI=1S/C18H22N/c1-19(2,3)15-18-12-8-7-11-17(18)14-13-16-9-5-4-6-10-16/h4-14H,15H2,1-3H3/q+1. The van der Waals surface area contributed by atoms with Crippen LogP contribution >= 0.6 is 0 Å². The molecule has 2 aromatic rings. The molecule has 0 unspecified atom stereocenters. The molecule has 0 radical (unpaired) electrons. The zero-order valence-corrected chi connectivity index (χ0v) is 12.0. The molecule has 0 atom stereocenters. The van der Waals surface area contributed by atoms with Gasteiger partial charge in [-0.05, 0) is 11.1 Å². The summed E-state index contributed by atoms with van der Waals surface area (Å²) in [5.41, 5.74) is 3.93. The molecule has 0 saturated carbocycles. The van der Waals surface area contributed by atoms with Crippen molar-refractivity contribution in [2.24, 2.45) is 0 Å². The van der Waals surface area contributed by atoms with Crippen LogP contribution in [-0.2, 0) is 6.54 Å². The van der Waals surface area contributed by atoms with Crippen LogP contribution in [0.3, 0.4) is 0 Å². The van der Waals surface area contributed by atoms with E-state index in [1.165, 1.54) is 16.7 Å². The summed E-state index contributed by atoms with van der Waals surface area (Å²) in [6.45, 7) is 1.04. The summed E-state index contributed by atoms with van der Waals surface area (Å²) in [4.78, 5) is 0. The van der Waals surface area contributed by atoms with Gasteiger partial charge in [-0.25, -0.2) is 0 Å². The van der Waals surface area contributed by atoms with Gasteiger partial charge < -0.3 is 4.48 Å². The van der Waals surface area contributed by atoms with Gasteiger partial charge in [0.15, 0.2) is 0 Å². The minimum atomic E-state index is 0.941. The summed E-state index contributed by atoms with van der Waals surface area (Å²) in [6, 6.07) is 19.0. The molecule has 1 heteroatoms. The second kappa shape index (κ2) is 5.85. The van der Waals surface area contributed by atoms with E-state index in [0.717, 1.165) is 11.0 Å². The van der Waals surface area contributed by atoms with Crippen LogP contribution in [0.25, 0.3) is 12.2 Å². The van der Waals surface area contributed by atoms with E-state index in [2.05, 4.69) is 81.8 Å². The molecule has 0 saturated heterocycles. The highest BCUT2D eigenvalue weighted by molar-refractivity contribution is 5.71. The van der Waals surface area contributed by atoms with Crippen LogP contribution < -0.4 is 0 Å². The molecule has 98 valence electrons. The third-order valence-electron chi connectivity index (χ3n) is 2.95. The number of hydrogen-bond donors (Lipinski definition) is 0. The van der Waals surface area contributed by atoms with Crippen molar-refractivity contribution in [1.29, 1.82) is 0 Å². The normalized spacial score (nSPS) is 11.9. The van der Waals surface area contributed by atoms with Crippen molar-refractivity contribution in [3.8, 4) is 0 Å². The number of hydrogen-bond acceptors (Lipinski definition) is 0. The molecule has 0 spiro atoms. The summed E-state index contributed by atoms with van der Waals surface area (Å²) in [5, 5.41) is 0. The minimum absolute atomic E-state index is 0.941. The SMILES string of the molecule is C[N+](C)(C)Cc1ccccc1C=Cc1ccccc1. The van der Waals surface area contributed by atoms with E-state index in [1.54, 1.807) is 0 Å². The monoisotopic (exact) mass is 252 g/mol. The fourth-order valence-corrected chi connectivity index (χ4v) is 2.10. The Balaban J connectivity index is 2.23. The van der Waals surface area contributed by atoms with Gasteiger partial charge in [-0.1, -0.05) is 66.7 Å². The molecular weight excluding hydrogens is 230 g/mol. The highest BCUT2D eigenvalue weighted by Gasteiger charge is 2.10. The topological polar surface area (TPSA) is 0 Å². The smallest absolute Gasteiger partial charge is 0.104 e. The highest BCUT2D eigenvalue weighted by atomic mass is 15.3. The van der Waals surface area contributed by atoms with Gasteiger partial charge in [0.05, 0.1) is 21.1 Å². The largest absolute Gasteiger partial charge is 0.327 e. The van der Waals surface area contributed by atoms with Gasteiger partial charge in [0.2, 0.25) is 0 Å². The van der Waals surface area contributed by atoms with Gasteiger partial charge in [-0.2, -0.15) is 0 Å². The molecule has 0 aromatic heterocycles. The maximum atomic E-state index is 2.22. The second-order valence-electron chi connectivity index (χ2n) is 5.89. The zero-order valence-electron chi connectivity index (χ0n) is 12.0. The average molecular weight is 252 g/mol. The van der Waals surface area contributed by atoms with Crippen LogP contribution in [0.5, 0.6) is 0 Å². The van der Waals surface area contributed by atoms with Gasteiger partial charge in [-0.15, -0.1) is 0 Å². The van der Waals surface area contributed by atoms with Crippen LogP contribution in [0, 0.1) is 0 Å². The van der Waals surface area contributed by atoms with E-state index in [0.29, 0.717) is 0 Å². The first-order chi connectivity index (χ1) is 9.04. The van der Waals surface area contributed by atoms with Crippen LogP contribution in [0.2, 0.25) is 0 Å². The number of quaternary nitrogens is 1. The van der Waals surface area contributed by atoms with Gasteiger partial charge in [-0.3, -0.25) is 0 Å². The van der Waals surface area contributed by atoms with Gasteiger partial charge in [0, 0.05) is 5.56 Å². The highest BCUT2D eigenvalue weighted by Crippen LogP contribution is 2.16. The third-order valence-corrected chi connectivity index (χ3v) is 2.95. The van der Waals surface area contributed by atoms with Crippen molar-refractivity contribution < 1.29 is 4.48 Å². The fraction of sp³-hybridized carbons (Fsp3) is 0.222. The quantitative estimate of drug-likeness (QED) is 0.568. The lowest BCUT2D eigenvalue weighted by Gasteiger charge is -2.24. The number of nitrogens with zero attached hydrogens (tertiary/aromatic N) is 1. The molecular formula is C18H22N+. The van der Waals surface area contributed by atoms with E-state index in [1.807, 2.05) is 6.07 Å². The Labute approximate surface area is 116 Å². The molecule has 2 aromatic carbocycles. The molecule has 0 heterocycles. The average Bonchev–Trinajstić information content (AvgIpc) is 2.37. The van der Waals surface area contributed by atoms with Crippen molar-refractivity contribution >= 4 is 12.2 Å². The van der Waals surface area contributed by atoms with E-state index in [-0.39, 0.29) is 0 Å². The second-order valence-corrected chi connectivity index (χ2v) is 5.89. The lowest BCUT2D eigenvalue weighted by atomic mass is 10.0. The molecule has 0 fully saturated rings. The Morgan fingerprint density at radius 2 is 1.42 bits per heavy atom. The summed E-state index contributed by atoms with van der Waals surface area (Å²) in [7, 11) is 6.66. The van der Waals surface area contributed by atoms with Crippen LogP contribution in [0.4, 0.5) is 0 Å². The molecule has 0 aliphatic carbocycles. The summed E-state index contributed by atoms with van der Waals surface area (Å²) < 4.78 is 0.941. The summed E-state index contributed by atoms with van der Waals surface area (Å²) in [6.07, 6.45) is 4.38. The van der Waals surface area contributed by atoms with Gasteiger partial charge in [0.25, 0.3) is 0 Å². The molecule has 0 N–H and O–H groups in total. The Morgan fingerprint density at radius 3 is 2.11 bits per heavy atom. The maximum absolute atomic E-state index is 2.22. The van der Waals surface area contributed by atoms with Crippen molar-refractivity contribution in [2.45, 2.75) is 6.54 Å². The Bertz CT molecular complexity index is 547. The fourth-order valence-electron chi connectivity index (χ4n) is 2.10. The van der Waals surface area contributed by atoms with E-state index < -0.39 is 0 Å². The van der Waals surface area contributed by atoms with Gasteiger partial charge >= 0.3 is 0 Å². The molecule has 1 nitrogen and oxygen atoms in total. The zero-order chi connectivity index (χ0) is 13.7. The maximum Gasteiger partial charge on any atom is 0.104 e. The minimum Gasteiger partial charge on any atom is -0.327 e. The lowest BCUT2D eigenvalue weighted by Crippen LogP contribution is -2.33. The molecule has 2 rings (SSSR count). The van der Waals surface area contributed by atoms with Crippen molar-refractivity contribution in [3.05, 3.63) is 71.3 Å². The van der Waals surface area contributed by atoms with Crippen molar-refractivity contribution in [3.63, 3.8) is 0 Å². The van der Waals surface area contributed by atoms with Gasteiger partial charge in [0.1, 0.15) is 6.54 Å². The first-order valence-electron chi connectivity index (χ1n) is 6.66.